The number of hydrogen-bond donors (Lipinski definition) is 2. The molecule has 0 saturated carbocycles. The SMILES string of the molecule is Cc1ccc(OCc2ccc(C(=O)Nc3ccc4c(c3F)CCNC4)o2)c(C)c1. The molecule has 0 spiro atoms. The largest absolute Gasteiger partial charge is 0.485 e. The first kappa shape index (κ1) is 19.2. The predicted molar refractivity (Wildman–Crippen MR) is 109 cm³/mol. The van der Waals surface area contributed by atoms with Crippen LogP contribution < -0.4 is 15.4 Å². The number of aryl methyl sites for hydroxylation is 2. The zero-order valence-corrected chi connectivity index (χ0v) is 16.5. The molecule has 3 aromatic rings. The van der Waals surface area contributed by atoms with Gasteiger partial charge in [0.15, 0.2) is 5.76 Å². The summed E-state index contributed by atoms with van der Waals surface area (Å²) in [5.41, 5.74) is 3.95. The Morgan fingerprint density at radius 1 is 1.21 bits per heavy atom. The Balaban J connectivity index is 1.42. The zero-order chi connectivity index (χ0) is 20.4. The number of carbonyl (C=O) groups is 1. The maximum atomic E-state index is 14.7. The highest BCUT2D eigenvalue weighted by Gasteiger charge is 2.19. The summed E-state index contributed by atoms with van der Waals surface area (Å²) in [6.45, 7) is 5.58. The van der Waals surface area contributed by atoms with Crippen molar-refractivity contribution in [3.63, 3.8) is 0 Å². The van der Waals surface area contributed by atoms with Crippen LogP contribution in [0.5, 0.6) is 5.75 Å². The molecule has 150 valence electrons. The van der Waals surface area contributed by atoms with Gasteiger partial charge in [-0.05, 0) is 67.8 Å². The van der Waals surface area contributed by atoms with Crippen LogP contribution in [0, 0.1) is 19.7 Å². The van der Waals surface area contributed by atoms with Gasteiger partial charge in [-0.25, -0.2) is 4.39 Å². The minimum absolute atomic E-state index is 0.114. The fourth-order valence-corrected chi connectivity index (χ4v) is 3.50. The fraction of sp³-hybridized carbons (Fsp3) is 0.261. The van der Waals surface area contributed by atoms with E-state index in [0.29, 0.717) is 24.3 Å². The van der Waals surface area contributed by atoms with E-state index in [0.717, 1.165) is 29.0 Å². The summed E-state index contributed by atoms with van der Waals surface area (Å²) < 4.78 is 26.1. The Bertz CT molecular complexity index is 1060. The quantitative estimate of drug-likeness (QED) is 0.668. The molecule has 0 fully saturated rings. The second-order valence-electron chi connectivity index (χ2n) is 7.27. The molecule has 29 heavy (non-hydrogen) atoms. The number of halogens is 1. The van der Waals surface area contributed by atoms with Crippen LogP contribution >= 0.6 is 0 Å². The van der Waals surface area contributed by atoms with Crippen molar-refractivity contribution in [3.8, 4) is 5.75 Å². The van der Waals surface area contributed by atoms with Crippen molar-refractivity contribution >= 4 is 11.6 Å². The molecule has 0 aliphatic carbocycles. The van der Waals surface area contributed by atoms with Gasteiger partial charge in [0.2, 0.25) is 0 Å². The van der Waals surface area contributed by atoms with Gasteiger partial charge in [-0.2, -0.15) is 0 Å². The summed E-state index contributed by atoms with van der Waals surface area (Å²) in [6, 6.07) is 12.6. The van der Waals surface area contributed by atoms with E-state index in [1.807, 2.05) is 38.1 Å². The summed E-state index contributed by atoms with van der Waals surface area (Å²) in [6.07, 6.45) is 0.603. The molecule has 1 aliphatic rings. The minimum atomic E-state index is -0.490. The van der Waals surface area contributed by atoms with Crippen molar-refractivity contribution in [1.29, 1.82) is 0 Å². The van der Waals surface area contributed by atoms with Gasteiger partial charge in [-0.15, -0.1) is 0 Å². The van der Waals surface area contributed by atoms with Crippen LogP contribution in [0.2, 0.25) is 0 Å². The van der Waals surface area contributed by atoms with E-state index in [1.54, 1.807) is 18.2 Å². The van der Waals surface area contributed by atoms with Gasteiger partial charge in [0, 0.05) is 6.54 Å². The molecular weight excluding hydrogens is 371 g/mol. The van der Waals surface area contributed by atoms with Crippen LogP contribution in [0.4, 0.5) is 10.1 Å². The average molecular weight is 394 g/mol. The summed E-state index contributed by atoms with van der Waals surface area (Å²) in [7, 11) is 0. The summed E-state index contributed by atoms with van der Waals surface area (Å²) in [4.78, 5) is 12.5. The Labute approximate surface area is 168 Å². The number of anilines is 1. The smallest absolute Gasteiger partial charge is 0.291 e. The number of carbonyl (C=O) groups excluding carboxylic acids is 1. The molecule has 0 bridgehead atoms. The van der Waals surface area contributed by atoms with Crippen LogP contribution in [0.25, 0.3) is 0 Å². The monoisotopic (exact) mass is 394 g/mol. The molecule has 2 aromatic carbocycles. The standard InChI is InChI=1S/C23H23FN2O3/c1-14-3-7-20(15(2)11-14)28-13-17-5-8-21(29-17)23(27)26-19-6-4-16-12-25-10-9-18(16)22(19)24/h3-8,11,25H,9-10,12-13H2,1-2H3,(H,26,27). The number of nitrogens with one attached hydrogen (secondary N) is 2. The number of amides is 1. The second-order valence-corrected chi connectivity index (χ2v) is 7.27. The fourth-order valence-electron chi connectivity index (χ4n) is 3.50. The van der Waals surface area contributed by atoms with Crippen LogP contribution in [0.15, 0.2) is 46.9 Å². The van der Waals surface area contributed by atoms with Gasteiger partial charge in [0.1, 0.15) is 23.9 Å². The highest BCUT2D eigenvalue weighted by molar-refractivity contribution is 6.02. The molecule has 1 aromatic heterocycles. The third kappa shape index (κ3) is 4.17. The van der Waals surface area contributed by atoms with Crippen molar-refractivity contribution in [1.82, 2.24) is 5.32 Å². The molecule has 0 radical (unpaired) electrons. The highest BCUT2D eigenvalue weighted by atomic mass is 19.1. The molecule has 2 heterocycles. The number of rotatable bonds is 5. The maximum absolute atomic E-state index is 14.7. The number of ether oxygens (including phenoxy) is 1. The van der Waals surface area contributed by atoms with Crippen molar-refractivity contribution in [3.05, 3.63) is 82.1 Å². The molecule has 1 aliphatic heterocycles. The molecule has 6 heteroatoms. The second kappa shape index (κ2) is 8.09. The lowest BCUT2D eigenvalue weighted by Crippen LogP contribution is -2.25. The first-order valence-corrected chi connectivity index (χ1v) is 9.62. The molecule has 4 rings (SSSR count). The topological polar surface area (TPSA) is 63.5 Å². The Hall–Kier alpha value is -3.12. The Morgan fingerprint density at radius 2 is 2.07 bits per heavy atom. The van der Waals surface area contributed by atoms with Gasteiger partial charge in [-0.1, -0.05) is 23.8 Å². The first-order valence-electron chi connectivity index (χ1n) is 9.62. The number of hydrogen-bond acceptors (Lipinski definition) is 4. The highest BCUT2D eigenvalue weighted by Crippen LogP contribution is 2.25. The normalized spacial score (nSPS) is 13.1. The van der Waals surface area contributed by atoms with E-state index in [1.165, 1.54) is 0 Å². The van der Waals surface area contributed by atoms with E-state index < -0.39 is 5.91 Å². The van der Waals surface area contributed by atoms with Gasteiger partial charge in [0.25, 0.3) is 5.91 Å². The lowest BCUT2D eigenvalue weighted by Gasteiger charge is -2.19. The average Bonchev–Trinajstić information content (AvgIpc) is 3.19. The summed E-state index contributed by atoms with van der Waals surface area (Å²) >= 11 is 0. The van der Waals surface area contributed by atoms with Crippen molar-refractivity contribution < 1.29 is 18.3 Å². The third-order valence-electron chi connectivity index (χ3n) is 5.04. The maximum Gasteiger partial charge on any atom is 0.291 e. The number of benzene rings is 2. The third-order valence-corrected chi connectivity index (χ3v) is 5.04. The molecule has 0 saturated heterocycles. The van der Waals surface area contributed by atoms with Crippen molar-refractivity contribution in [2.45, 2.75) is 33.4 Å². The zero-order valence-electron chi connectivity index (χ0n) is 16.5. The predicted octanol–water partition coefficient (Wildman–Crippen LogP) is 4.51. The summed E-state index contributed by atoms with van der Waals surface area (Å²) in [5.74, 6) is 0.539. The molecular formula is C23H23FN2O3. The van der Waals surface area contributed by atoms with Crippen LogP contribution in [0.3, 0.4) is 0 Å². The van der Waals surface area contributed by atoms with Crippen molar-refractivity contribution in [2.75, 3.05) is 11.9 Å². The van der Waals surface area contributed by atoms with E-state index in [9.17, 15) is 9.18 Å². The lowest BCUT2D eigenvalue weighted by atomic mass is 9.99. The number of furan rings is 1. The van der Waals surface area contributed by atoms with Gasteiger partial charge in [-0.3, -0.25) is 4.79 Å². The van der Waals surface area contributed by atoms with Gasteiger partial charge in [0.05, 0.1) is 5.69 Å². The molecule has 1 amide bonds. The molecule has 0 unspecified atom stereocenters. The van der Waals surface area contributed by atoms with Crippen LogP contribution in [-0.2, 0) is 19.6 Å². The van der Waals surface area contributed by atoms with E-state index >= 15 is 0 Å². The molecule has 2 N–H and O–H groups in total. The van der Waals surface area contributed by atoms with E-state index in [2.05, 4.69) is 10.6 Å². The molecule has 0 atom stereocenters. The first-order chi connectivity index (χ1) is 14.0. The van der Waals surface area contributed by atoms with Crippen molar-refractivity contribution in [2.24, 2.45) is 0 Å². The lowest BCUT2D eigenvalue weighted by molar-refractivity contribution is 0.0992. The summed E-state index contributed by atoms with van der Waals surface area (Å²) in [5, 5.41) is 5.82. The van der Waals surface area contributed by atoms with Gasteiger partial charge < -0.3 is 19.8 Å². The van der Waals surface area contributed by atoms with Crippen LogP contribution in [-0.4, -0.2) is 12.5 Å². The Kier molecular flexibility index (Phi) is 5.36. The van der Waals surface area contributed by atoms with E-state index in [-0.39, 0.29) is 23.9 Å². The number of fused-ring (bicyclic) bond motifs is 1. The minimum Gasteiger partial charge on any atom is -0.485 e. The van der Waals surface area contributed by atoms with E-state index in [4.69, 9.17) is 9.15 Å². The Morgan fingerprint density at radius 3 is 2.90 bits per heavy atom. The molecule has 5 nitrogen and oxygen atoms in total. The van der Waals surface area contributed by atoms with Gasteiger partial charge >= 0.3 is 0 Å². The van der Waals surface area contributed by atoms with Crippen LogP contribution in [0.1, 0.15) is 38.6 Å².